The lowest BCUT2D eigenvalue weighted by Crippen LogP contribution is -2.44. The highest BCUT2D eigenvalue weighted by Gasteiger charge is 2.37. The first-order valence-corrected chi connectivity index (χ1v) is 11.9. The van der Waals surface area contributed by atoms with Gasteiger partial charge in [0.05, 0.1) is 7.11 Å². The average Bonchev–Trinajstić information content (AvgIpc) is 3.22. The number of carbonyl (C=O) groups excluding carboxylic acids is 1. The maximum Gasteiger partial charge on any atom is 0.219 e. The molecule has 4 nitrogen and oxygen atoms in total. The molecule has 1 heterocycles. The smallest absolute Gasteiger partial charge is 0.219 e. The van der Waals surface area contributed by atoms with Gasteiger partial charge in [0.15, 0.2) is 0 Å². The van der Waals surface area contributed by atoms with Gasteiger partial charge >= 0.3 is 0 Å². The van der Waals surface area contributed by atoms with E-state index in [1.54, 1.807) is 20.1 Å². The lowest BCUT2D eigenvalue weighted by Gasteiger charge is -2.36. The molecule has 0 bridgehead atoms. The number of amides is 1. The molecule has 2 aliphatic rings. The summed E-state index contributed by atoms with van der Waals surface area (Å²) >= 11 is 0. The van der Waals surface area contributed by atoms with Crippen LogP contribution in [0.1, 0.15) is 56.1 Å². The van der Waals surface area contributed by atoms with Crippen molar-refractivity contribution >= 4 is 5.91 Å². The molecule has 1 saturated carbocycles. The van der Waals surface area contributed by atoms with Crippen LogP contribution in [0, 0.1) is 11.7 Å². The quantitative estimate of drug-likeness (QED) is 0.593. The van der Waals surface area contributed by atoms with Crippen LogP contribution in [0.3, 0.4) is 0 Å². The van der Waals surface area contributed by atoms with Crippen molar-refractivity contribution in [2.45, 2.75) is 57.5 Å². The Balaban J connectivity index is 1.57. The Bertz CT molecular complexity index is 912. The maximum absolute atomic E-state index is 14.3. The second-order valence-corrected chi connectivity index (χ2v) is 9.39. The van der Waals surface area contributed by atoms with E-state index in [0.717, 1.165) is 43.8 Å². The second kappa shape index (κ2) is 10.5. The third-order valence-electron chi connectivity index (χ3n) is 7.24. The molecule has 172 valence electrons. The molecule has 0 aromatic heterocycles. The molecule has 1 aliphatic carbocycles. The number of hydrogen-bond acceptors (Lipinski definition) is 3. The highest BCUT2D eigenvalue weighted by molar-refractivity contribution is 5.73. The van der Waals surface area contributed by atoms with Crippen LogP contribution in [0.2, 0.25) is 0 Å². The Morgan fingerprint density at radius 2 is 1.88 bits per heavy atom. The van der Waals surface area contributed by atoms with E-state index in [0.29, 0.717) is 18.5 Å². The van der Waals surface area contributed by atoms with Gasteiger partial charge in [0.1, 0.15) is 11.6 Å². The van der Waals surface area contributed by atoms with Gasteiger partial charge in [-0.2, -0.15) is 0 Å². The van der Waals surface area contributed by atoms with E-state index < -0.39 is 0 Å². The molecule has 4 rings (SSSR count). The van der Waals surface area contributed by atoms with Crippen LogP contribution in [-0.4, -0.2) is 48.5 Å². The number of halogens is 1. The Morgan fingerprint density at radius 1 is 1.09 bits per heavy atom. The summed E-state index contributed by atoms with van der Waals surface area (Å²) in [6.07, 6.45) is 5.90. The lowest BCUT2D eigenvalue weighted by atomic mass is 9.87. The molecular weight excluding hydrogens is 403 g/mol. The zero-order chi connectivity index (χ0) is 22.5. The first kappa shape index (κ1) is 22.8. The molecule has 1 aliphatic heterocycles. The summed E-state index contributed by atoms with van der Waals surface area (Å²) in [6.45, 7) is 4.76. The normalized spacial score (nSPS) is 22.1. The van der Waals surface area contributed by atoms with Gasteiger partial charge < -0.3 is 9.64 Å². The van der Waals surface area contributed by atoms with Crippen LogP contribution in [0.25, 0.3) is 0 Å². The molecule has 1 amide bonds. The van der Waals surface area contributed by atoms with Gasteiger partial charge in [0.2, 0.25) is 5.91 Å². The number of nitrogens with zero attached hydrogens (tertiary/aromatic N) is 2. The van der Waals surface area contributed by atoms with Gasteiger partial charge in [-0.1, -0.05) is 49.6 Å². The average molecular weight is 439 g/mol. The van der Waals surface area contributed by atoms with E-state index in [-0.39, 0.29) is 17.6 Å². The van der Waals surface area contributed by atoms with Gasteiger partial charge in [-0.25, -0.2) is 4.39 Å². The summed E-state index contributed by atoms with van der Waals surface area (Å²) in [6, 6.07) is 15.7. The van der Waals surface area contributed by atoms with Crippen LogP contribution < -0.4 is 4.74 Å². The van der Waals surface area contributed by atoms with Crippen LogP contribution >= 0.6 is 0 Å². The number of methoxy groups -OCH3 is 1. The molecule has 1 saturated heterocycles. The predicted octanol–water partition coefficient (Wildman–Crippen LogP) is 5.23. The molecule has 2 aromatic carbocycles. The van der Waals surface area contributed by atoms with Crippen molar-refractivity contribution < 1.29 is 13.9 Å². The molecule has 2 aromatic rings. The number of likely N-dealkylation sites (tertiary alicyclic amines) is 1. The standard InChI is InChI=1S/C27H35FN2O2/c1-20(31)30(24-11-4-3-5-12-24)18-23-17-29(16-22-9-6-7-14-27(22)28)19-26(23)21-10-8-13-25(15-21)32-2/h6-10,13-15,23-24,26H,3-5,11-12,16-19H2,1-2H3. The zero-order valence-electron chi connectivity index (χ0n) is 19.3. The topological polar surface area (TPSA) is 32.8 Å². The molecule has 0 N–H and O–H groups in total. The van der Waals surface area contributed by atoms with Crippen molar-refractivity contribution in [1.29, 1.82) is 0 Å². The minimum absolute atomic E-state index is 0.151. The van der Waals surface area contributed by atoms with Crippen LogP contribution in [0.15, 0.2) is 48.5 Å². The fourth-order valence-corrected chi connectivity index (χ4v) is 5.57. The Labute approximate surface area is 191 Å². The number of carbonyl (C=O) groups is 1. The fraction of sp³-hybridized carbons (Fsp3) is 0.519. The lowest BCUT2D eigenvalue weighted by molar-refractivity contribution is -0.132. The Hall–Kier alpha value is -2.40. The molecule has 0 spiro atoms. The summed E-state index contributed by atoms with van der Waals surface area (Å²) in [5, 5.41) is 0. The highest BCUT2D eigenvalue weighted by Crippen LogP contribution is 2.37. The first-order valence-electron chi connectivity index (χ1n) is 11.9. The van der Waals surface area contributed by atoms with Crippen LogP contribution in [-0.2, 0) is 11.3 Å². The Morgan fingerprint density at radius 3 is 2.59 bits per heavy atom. The summed E-state index contributed by atoms with van der Waals surface area (Å²) in [4.78, 5) is 17.1. The first-order chi connectivity index (χ1) is 15.5. The molecule has 2 unspecified atom stereocenters. The van der Waals surface area contributed by atoms with E-state index >= 15 is 0 Å². The van der Waals surface area contributed by atoms with Crippen molar-refractivity contribution in [3.05, 3.63) is 65.5 Å². The van der Waals surface area contributed by atoms with Gasteiger partial charge in [0.25, 0.3) is 0 Å². The second-order valence-electron chi connectivity index (χ2n) is 9.39. The fourth-order valence-electron chi connectivity index (χ4n) is 5.57. The monoisotopic (exact) mass is 438 g/mol. The van der Waals surface area contributed by atoms with E-state index in [9.17, 15) is 9.18 Å². The van der Waals surface area contributed by atoms with E-state index in [4.69, 9.17) is 4.74 Å². The minimum Gasteiger partial charge on any atom is -0.497 e. The minimum atomic E-state index is -0.151. The molecule has 32 heavy (non-hydrogen) atoms. The summed E-state index contributed by atoms with van der Waals surface area (Å²) in [5.74, 6) is 1.46. The number of ether oxygens (including phenoxy) is 1. The molecular formula is C27H35FN2O2. The predicted molar refractivity (Wildman–Crippen MR) is 125 cm³/mol. The summed E-state index contributed by atoms with van der Waals surface area (Å²) in [5.41, 5.74) is 1.96. The van der Waals surface area contributed by atoms with E-state index in [2.05, 4.69) is 21.9 Å². The van der Waals surface area contributed by atoms with Gasteiger partial charge in [0, 0.05) is 50.6 Å². The van der Waals surface area contributed by atoms with E-state index in [1.165, 1.54) is 30.9 Å². The van der Waals surface area contributed by atoms with Crippen molar-refractivity contribution in [3.8, 4) is 5.75 Å². The van der Waals surface area contributed by atoms with Crippen LogP contribution in [0.4, 0.5) is 4.39 Å². The zero-order valence-corrected chi connectivity index (χ0v) is 19.3. The van der Waals surface area contributed by atoms with E-state index in [1.807, 2.05) is 24.3 Å². The number of rotatable bonds is 7. The van der Waals surface area contributed by atoms with Crippen molar-refractivity contribution in [2.24, 2.45) is 5.92 Å². The number of hydrogen-bond donors (Lipinski definition) is 0. The number of benzene rings is 2. The molecule has 2 fully saturated rings. The Kier molecular flexibility index (Phi) is 7.46. The molecule has 0 radical (unpaired) electrons. The van der Waals surface area contributed by atoms with Crippen molar-refractivity contribution in [2.75, 3.05) is 26.7 Å². The molecule has 2 atom stereocenters. The SMILES string of the molecule is COc1cccc(C2CN(Cc3ccccc3F)CC2CN(C(C)=O)C2CCCCC2)c1. The van der Waals surface area contributed by atoms with Crippen molar-refractivity contribution in [3.63, 3.8) is 0 Å². The summed E-state index contributed by atoms with van der Waals surface area (Å²) < 4.78 is 19.8. The van der Waals surface area contributed by atoms with Crippen molar-refractivity contribution in [1.82, 2.24) is 9.80 Å². The summed E-state index contributed by atoms with van der Waals surface area (Å²) in [7, 11) is 1.69. The highest BCUT2D eigenvalue weighted by atomic mass is 19.1. The largest absolute Gasteiger partial charge is 0.497 e. The molecule has 5 heteroatoms. The van der Waals surface area contributed by atoms with Gasteiger partial charge in [-0.3, -0.25) is 9.69 Å². The third-order valence-corrected chi connectivity index (χ3v) is 7.24. The van der Waals surface area contributed by atoms with Gasteiger partial charge in [-0.05, 0) is 42.5 Å². The van der Waals surface area contributed by atoms with Gasteiger partial charge in [-0.15, -0.1) is 0 Å². The van der Waals surface area contributed by atoms with Crippen LogP contribution in [0.5, 0.6) is 5.75 Å². The third kappa shape index (κ3) is 5.32. The maximum atomic E-state index is 14.3.